The Labute approximate surface area is 58.7 Å². The Morgan fingerprint density at radius 2 is 1.30 bits per heavy atom. The number of hydrogen-bond donors (Lipinski definition) is 5. The van der Waals surface area contributed by atoms with Crippen molar-refractivity contribution in [2.24, 2.45) is 5.73 Å². The molecule has 0 saturated carbocycles. The molecule has 62 valence electrons. The molecule has 0 amide bonds. The highest BCUT2D eigenvalue weighted by atomic mass is 16.3. The van der Waals surface area contributed by atoms with Crippen molar-refractivity contribution in [2.75, 3.05) is 13.2 Å². The van der Waals surface area contributed by atoms with Crippen LogP contribution in [0, 0.1) is 0 Å². The van der Waals surface area contributed by atoms with E-state index in [4.69, 9.17) is 26.2 Å². The first-order chi connectivity index (χ1) is 4.63. The maximum Gasteiger partial charge on any atom is 0.0947 e. The topological polar surface area (TPSA) is 107 Å². The molecule has 0 saturated heterocycles. The summed E-state index contributed by atoms with van der Waals surface area (Å²) in [5.74, 6) is 0. The van der Waals surface area contributed by atoms with Gasteiger partial charge < -0.3 is 26.2 Å². The van der Waals surface area contributed by atoms with Crippen LogP contribution in [-0.2, 0) is 0 Å². The van der Waals surface area contributed by atoms with Gasteiger partial charge in [0.15, 0.2) is 0 Å². The predicted molar refractivity (Wildman–Crippen MR) is 34.2 cm³/mol. The smallest absolute Gasteiger partial charge is 0.0947 e. The Balaban J connectivity index is 3.69. The van der Waals surface area contributed by atoms with E-state index in [1.807, 2.05) is 0 Å². The predicted octanol–water partition coefficient (Wildman–Crippen LogP) is -2.98. The van der Waals surface area contributed by atoms with E-state index in [2.05, 4.69) is 0 Å². The lowest BCUT2D eigenvalue weighted by atomic mass is 10.1. The van der Waals surface area contributed by atoms with Gasteiger partial charge in [-0.25, -0.2) is 0 Å². The number of hydrogen-bond acceptors (Lipinski definition) is 5. The van der Waals surface area contributed by atoms with E-state index in [1.165, 1.54) is 0 Å². The average molecular weight is 151 g/mol. The molecule has 0 aromatic rings. The first-order valence-electron chi connectivity index (χ1n) is 2.97. The fraction of sp³-hybridized carbons (Fsp3) is 1.00. The number of nitrogens with two attached hydrogens (primary N) is 1. The van der Waals surface area contributed by atoms with Gasteiger partial charge >= 0.3 is 0 Å². The van der Waals surface area contributed by atoms with Crippen LogP contribution < -0.4 is 5.73 Å². The third-order valence-corrected chi connectivity index (χ3v) is 1.26. The average Bonchev–Trinajstić information content (AvgIpc) is 2.00. The molecule has 0 spiro atoms. The van der Waals surface area contributed by atoms with Crippen molar-refractivity contribution < 1.29 is 20.4 Å². The summed E-state index contributed by atoms with van der Waals surface area (Å²) in [5, 5.41) is 34.2. The van der Waals surface area contributed by atoms with Gasteiger partial charge in [0.05, 0.1) is 31.5 Å². The van der Waals surface area contributed by atoms with Crippen molar-refractivity contribution in [3.8, 4) is 0 Å². The van der Waals surface area contributed by atoms with E-state index in [0.717, 1.165) is 0 Å². The van der Waals surface area contributed by atoms with Gasteiger partial charge in [-0.1, -0.05) is 0 Å². The Bertz CT molecular complexity index is 79.7. The summed E-state index contributed by atoms with van der Waals surface area (Å²) < 4.78 is 0. The Morgan fingerprint density at radius 3 is 1.50 bits per heavy atom. The lowest BCUT2D eigenvalue weighted by molar-refractivity contribution is -0.000838. The minimum absolute atomic E-state index is 0.516. The van der Waals surface area contributed by atoms with Crippen LogP contribution in [0.2, 0.25) is 0 Å². The van der Waals surface area contributed by atoms with Gasteiger partial charge in [0.2, 0.25) is 0 Å². The second-order valence-corrected chi connectivity index (χ2v) is 2.08. The molecule has 5 heteroatoms. The summed E-state index contributed by atoms with van der Waals surface area (Å²) in [6.07, 6.45) is -2.36. The van der Waals surface area contributed by atoms with Crippen LogP contribution in [0.4, 0.5) is 0 Å². The largest absolute Gasteiger partial charge is 0.394 e. The van der Waals surface area contributed by atoms with Gasteiger partial charge in [0, 0.05) is 0 Å². The summed E-state index contributed by atoms with van der Waals surface area (Å²) in [7, 11) is 0. The molecule has 0 rings (SSSR count). The molecule has 0 fully saturated rings. The molecule has 3 atom stereocenters. The highest BCUT2D eigenvalue weighted by Crippen LogP contribution is 1.94. The van der Waals surface area contributed by atoms with Crippen LogP contribution in [0.3, 0.4) is 0 Å². The molecule has 6 N–H and O–H groups in total. The first-order valence-corrected chi connectivity index (χ1v) is 2.97. The van der Waals surface area contributed by atoms with Crippen molar-refractivity contribution in [1.29, 1.82) is 0 Å². The number of aliphatic hydroxyl groups is 4. The summed E-state index contributed by atoms with van der Waals surface area (Å²) >= 11 is 0. The summed E-state index contributed by atoms with van der Waals surface area (Å²) in [6, 6.07) is -0.991. The van der Waals surface area contributed by atoms with Crippen LogP contribution in [0.25, 0.3) is 0 Å². The molecule has 1 unspecified atom stereocenters. The Kier molecular flexibility index (Phi) is 4.50. The van der Waals surface area contributed by atoms with E-state index in [1.54, 1.807) is 0 Å². The van der Waals surface area contributed by atoms with E-state index in [-0.39, 0.29) is 0 Å². The van der Waals surface area contributed by atoms with Crippen LogP contribution >= 0.6 is 0 Å². The zero-order valence-corrected chi connectivity index (χ0v) is 5.51. The van der Waals surface area contributed by atoms with Gasteiger partial charge in [0.1, 0.15) is 0 Å². The number of aliphatic hydroxyl groups excluding tert-OH is 4. The molecule has 0 aromatic carbocycles. The van der Waals surface area contributed by atoms with Gasteiger partial charge in [0.25, 0.3) is 0 Å². The van der Waals surface area contributed by atoms with Crippen molar-refractivity contribution >= 4 is 0 Å². The van der Waals surface area contributed by atoms with Crippen LogP contribution in [0.15, 0.2) is 0 Å². The summed E-state index contributed by atoms with van der Waals surface area (Å²) in [4.78, 5) is 0. The van der Waals surface area contributed by atoms with Crippen molar-refractivity contribution in [3.05, 3.63) is 0 Å². The summed E-state index contributed by atoms with van der Waals surface area (Å²) in [6.45, 7) is -1.03. The van der Waals surface area contributed by atoms with Crippen molar-refractivity contribution in [3.63, 3.8) is 0 Å². The maximum absolute atomic E-state index is 8.78. The SMILES string of the molecule is NC([C@H](O)CO)[C@@H](O)CO. The highest BCUT2D eigenvalue weighted by molar-refractivity contribution is 4.77. The standard InChI is InChI=1S/C5H13NO4/c6-5(3(9)1-7)4(10)2-8/h3-5,7-10H,1-2,6H2/t3-,4+,5?. The van der Waals surface area contributed by atoms with Crippen LogP contribution in [0.1, 0.15) is 0 Å². The molecular weight excluding hydrogens is 138 g/mol. The molecule has 0 bridgehead atoms. The lowest BCUT2D eigenvalue weighted by Crippen LogP contribution is -2.47. The normalized spacial score (nSPS) is 20.1. The van der Waals surface area contributed by atoms with E-state index >= 15 is 0 Å². The first kappa shape index (κ1) is 9.80. The molecule has 0 aliphatic rings. The van der Waals surface area contributed by atoms with E-state index < -0.39 is 31.5 Å². The van der Waals surface area contributed by atoms with Gasteiger partial charge in [-0.3, -0.25) is 0 Å². The minimum Gasteiger partial charge on any atom is -0.394 e. The van der Waals surface area contributed by atoms with Crippen LogP contribution in [-0.4, -0.2) is 51.9 Å². The fourth-order valence-corrected chi connectivity index (χ4v) is 0.500. The third kappa shape index (κ3) is 2.59. The van der Waals surface area contributed by atoms with E-state index in [0.29, 0.717) is 0 Å². The second kappa shape index (κ2) is 4.59. The molecule has 5 nitrogen and oxygen atoms in total. The van der Waals surface area contributed by atoms with E-state index in [9.17, 15) is 0 Å². The molecule has 0 aliphatic carbocycles. The van der Waals surface area contributed by atoms with Gasteiger partial charge in [-0.15, -0.1) is 0 Å². The van der Waals surface area contributed by atoms with Gasteiger partial charge in [-0.05, 0) is 0 Å². The summed E-state index contributed by atoms with van der Waals surface area (Å²) in [5.41, 5.74) is 5.16. The zero-order valence-electron chi connectivity index (χ0n) is 5.51. The quantitative estimate of drug-likeness (QED) is 0.295. The van der Waals surface area contributed by atoms with Crippen molar-refractivity contribution in [1.82, 2.24) is 0 Å². The molecular formula is C5H13NO4. The zero-order chi connectivity index (χ0) is 8.15. The van der Waals surface area contributed by atoms with Crippen LogP contribution in [0.5, 0.6) is 0 Å². The lowest BCUT2D eigenvalue weighted by Gasteiger charge is -2.20. The Morgan fingerprint density at radius 1 is 1.00 bits per heavy atom. The second-order valence-electron chi connectivity index (χ2n) is 2.08. The highest BCUT2D eigenvalue weighted by Gasteiger charge is 2.21. The molecule has 0 heterocycles. The minimum atomic E-state index is -1.18. The Hall–Kier alpha value is -0.200. The monoisotopic (exact) mass is 151 g/mol. The number of rotatable bonds is 4. The molecule has 10 heavy (non-hydrogen) atoms. The van der Waals surface area contributed by atoms with Crippen molar-refractivity contribution in [2.45, 2.75) is 18.2 Å². The molecule has 0 aromatic heterocycles. The molecule has 0 aliphatic heterocycles. The third-order valence-electron chi connectivity index (χ3n) is 1.26. The maximum atomic E-state index is 8.78. The molecule has 0 radical (unpaired) electrons. The van der Waals surface area contributed by atoms with Gasteiger partial charge in [-0.2, -0.15) is 0 Å². The fourth-order valence-electron chi connectivity index (χ4n) is 0.500.